The summed E-state index contributed by atoms with van der Waals surface area (Å²) in [5, 5.41) is 19.8. The SMILES string of the molecule is CC(C)(CCc1ccccc1)OC(=O)N[C@@H](CCC(=O)O)C(=O)O. The maximum absolute atomic E-state index is 11.9. The highest BCUT2D eigenvalue weighted by atomic mass is 16.6. The van der Waals surface area contributed by atoms with Crippen molar-refractivity contribution in [3.8, 4) is 0 Å². The molecule has 0 bridgehead atoms. The summed E-state index contributed by atoms with van der Waals surface area (Å²) in [6.07, 6.45) is -0.149. The van der Waals surface area contributed by atoms with Crippen LogP contribution >= 0.6 is 0 Å². The van der Waals surface area contributed by atoms with Crippen molar-refractivity contribution in [2.75, 3.05) is 0 Å². The average molecular weight is 337 g/mol. The summed E-state index contributed by atoms with van der Waals surface area (Å²) in [7, 11) is 0. The lowest BCUT2D eigenvalue weighted by atomic mass is 9.98. The molecule has 0 aliphatic heterocycles. The maximum atomic E-state index is 11.9. The zero-order chi connectivity index (χ0) is 18.2. The molecular weight excluding hydrogens is 314 g/mol. The second-order valence-corrected chi connectivity index (χ2v) is 6.10. The zero-order valence-corrected chi connectivity index (χ0v) is 13.8. The molecule has 0 aliphatic carbocycles. The molecule has 7 nitrogen and oxygen atoms in total. The molecule has 1 rings (SSSR count). The number of benzene rings is 1. The van der Waals surface area contributed by atoms with Crippen molar-refractivity contribution in [3.05, 3.63) is 35.9 Å². The summed E-state index contributed by atoms with van der Waals surface area (Å²) in [6.45, 7) is 3.48. The fourth-order valence-corrected chi connectivity index (χ4v) is 2.09. The van der Waals surface area contributed by atoms with Crippen LogP contribution in [0.15, 0.2) is 30.3 Å². The molecule has 0 fully saturated rings. The first kappa shape index (κ1) is 19.5. The molecule has 0 spiro atoms. The van der Waals surface area contributed by atoms with Crippen molar-refractivity contribution in [1.29, 1.82) is 0 Å². The number of alkyl carbamates (subject to hydrolysis) is 1. The van der Waals surface area contributed by atoms with Crippen LogP contribution in [0.5, 0.6) is 0 Å². The predicted molar refractivity (Wildman–Crippen MR) is 86.8 cm³/mol. The van der Waals surface area contributed by atoms with Crippen molar-refractivity contribution < 1.29 is 29.3 Å². The summed E-state index contributed by atoms with van der Waals surface area (Å²) in [5.74, 6) is -2.42. The van der Waals surface area contributed by atoms with Gasteiger partial charge in [0.15, 0.2) is 0 Å². The molecule has 1 aromatic carbocycles. The molecule has 132 valence electrons. The molecule has 0 radical (unpaired) electrons. The number of amides is 1. The molecule has 0 saturated carbocycles. The number of rotatable bonds is 9. The van der Waals surface area contributed by atoms with Crippen LogP contribution in [0.1, 0.15) is 38.7 Å². The molecule has 7 heteroatoms. The number of hydrogen-bond donors (Lipinski definition) is 3. The monoisotopic (exact) mass is 337 g/mol. The highest BCUT2D eigenvalue weighted by Gasteiger charge is 2.27. The van der Waals surface area contributed by atoms with Crippen molar-refractivity contribution in [3.63, 3.8) is 0 Å². The number of hydrogen-bond acceptors (Lipinski definition) is 4. The van der Waals surface area contributed by atoms with E-state index in [4.69, 9.17) is 14.9 Å². The molecule has 0 aromatic heterocycles. The Morgan fingerprint density at radius 3 is 2.33 bits per heavy atom. The topological polar surface area (TPSA) is 113 Å². The van der Waals surface area contributed by atoms with Crippen molar-refractivity contribution >= 4 is 18.0 Å². The van der Waals surface area contributed by atoms with Crippen LogP contribution in [0.3, 0.4) is 0 Å². The van der Waals surface area contributed by atoms with Gasteiger partial charge in [-0.1, -0.05) is 30.3 Å². The van der Waals surface area contributed by atoms with Gasteiger partial charge in [0.05, 0.1) is 0 Å². The molecule has 0 saturated heterocycles. The standard InChI is InChI=1S/C17H23NO6/c1-17(2,11-10-12-6-4-3-5-7-12)24-16(23)18-13(15(21)22)8-9-14(19)20/h3-7,13H,8-11H2,1-2H3,(H,18,23)(H,19,20)(H,21,22)/t13-/m0/s1. The first-order chi connectivity index (χ1) is 11.2. The Kier molecular flexibility index (Phi) is 7.23. The third-order valence-corrected chi connectivity index (χ3v) is 3.46. The van der Waals surface area contributed by atoms with Gasteiger partial charge in [-0.05, 0) is 38.7 Å². The molecule has 24 heavy (non-hydrogen) atoms. The summed E-state index contributed by atoms with van der Waals surface area (Å²) in [4.78, 5) is 33.5. The molecule has 3 N–H and O–H groups in total. The number of carboxylic acid groups (broad SMARTS) is 2. The first-order valence-electron chi connectivity index (χ1n) is 7.67. The van der Waals surface area contributed by atoms with Gasteiger partial charge in [-0.2, -0.15) is 0 Å². The van der Waals surface area contributed by atoms with Gasteiger partial charge >= 0.3 is 18.0 Å². The lowest BCUT2D eigenvalue weighted by Crippen LogP contribution is -2.44. The minimum absolute atomic E-state index is 0.204. The summed E-state index contributed by atoms with van der Waals surface area (Å²) >= 11 is 0. The van der Waals surface area contributed by atoms with Gasteiger partial charge in [0.25, 0.3) is 0 Å². The Morgan fingerprint density at radius 2 is 1.79 bits per heavy atom. The van der Waals surface area contributed by atoms with Gasteiger partial charge in [-0.15, -0.1) is 0 Å². The van der Waals surface area contributed by atoms with Crippen LogP contribution in [0.4, 0.5) is 4.79 Å². The largest absolute Gasteiger partial charge is 0.481 e. The lowest BCUT2D eigenvalue weighted by molar-refractivity contribution is -0.140. The second-order valence-electron chi connectivity index (χ2n) is 6.10. The molecule has 1 aromatic rings. The van der Waals surface area contributed by atoms with E-state index in [9.17, 15) is 14.4 Å². The van der Waals surface area contributed by atoms with Gasteiger partial charge in [0, 0.05) is 6.42 Å². The van der Waals surface area contributed by atoms with Crippen LogP contribution in [-0.4, -0.2) is 39.9 Å². The number of nitrogens with one attached hydrogen (secondary N) is 1. The third kappa shape index (κ3) is 7.62. The summed E-state index contributed by atoms with van der Waals surface area (Å²) in [5.41, 5.74) is 0.329. The van der Waals surface area contributed by atoms with Gasteiger partial charge < -0.3 is 20.3 Å². The van der Waals surface area contributed by atoms with E-state index in [0.29, 0.717) is 12.8 Å². The minimum Gasteiger partial charge on any atom is -0.481 e. The van der Waals surface area contributed by atoms with E-state index in [1.165, 1.54) is 0 Å². The van der Waals surface area contributed by atoms with Crippen LogP contribution < -0.4 is 5.32 Å². The van der Waals surface area contributed by atoms with Crippen LogP contribution in [0.25, 0.3) is 0 Å². The summed E-state index contributed by atoms with van der Waals surface area (Å²) < 4.78 is 5.29. The number of carbonyl (C=O) groups is 3. The highest BCUT2D eigenvalue weighted by molar-refractivity contribution is 5.80. The van der Waals surface area contributed by atoms with E-state index in [2.05, 4.69) is 5.32 Å². The maximum Gasteiger partial charge on any atom is 0.408 e. The van der Waals surface area contributed by atoms with Crippen molar-refractivity contribution in [2.24, 2.45) is 0 Å². The Balaban J connectivity index is 2.50. The van der Waals surface area contributed by atoms with E-state index in [-0.39, 0.29) is 12.8 Å². The van der Waals surface area contributed by atoms with Crippen LogP contribution in [0, 0.1) is 0 Å². The third-order valence-electron chi connectivity index (χ3n) is 3.46. The van der Waals surface area contributed by atoms with E-state index < -0.39 is 29.7 Å². The Labute approximate surface area is 140 Å². The Hall–Kier alpha value is -2.57. The van der Waals surface area contributed by atoms with E-state index in [0.717, 1.165) is 5.56 Å². The predicted octanol–water partition coefficient (Wildman–Crippen LogP) is 2.44. The van der Waals surface area contributed by atoms with E-state index >= 15 is 0 Å². The fourth-order valence-electron chi connectivity index (χ4n) is 2.09. The quantitative estimate of drug-likeness (QED) is 0.638. The zero-order valence-electron chi connectivity index (χ0n) is 13.8. The number of aryl methyl sites for hydroxylation is 1. The normalized spacial score (nSPS) is 12.2. The molecule has 0 aliphatic rings. The van der Waals surface area contributed by atoms with Crippen LogP contribution in [-0.2, 0) is 20.7 Å². The van der Waals surface area contributed by atoms with E-state index in [1.54, 1.807) is 13.8 Å². The van der Waals surface area contributed by atoms with Crippen molar-refractivity contribution in [1.82, 2.24) is 5.32 Å². The number of ether oxygens (including phenoxy) is 1. The van der Waals surface area contributed by atoms with E-state index in [1.807, 2.05) is 30.3 Å². The van der Waals surface area contributed by atoms with Gasteiger partial charge in [-0.25, -0.2) is 9.59 Å². The first-order valence-corrected chi connectivity index (χ1v) is 7.67. The molecule has 1 atom stereocenters. The number of carboxylic acids is 2. The molecule has 0 heterocycles. The Bertz CT molecular complexity index is 570. The highest BCUT2D eigenvalue weighted by Crippen LogP contribution is 2.18. The van der Waals surface area contributed by atoms with Gasteiger partial charge in [0.1, 0.15) is 11.6 Å². The van der Waals surface area contributed by atoms with Gasteiger partial charge in [0.2, 0.25) is 0 Å². The second kappa shape index (κ2) is 8.90. The summed E-state index contributed by atoms with van der Waals surface area (Å²) in [6, 6.07) is 8.43. The molecule has 1 amide bonds. The number of carbonyl (C=O) groups excluding carboxylic acids is 1. The molecule has 0 unspecified atom stereocenters. The molecular formula is C17H23NO6. The lowest BCUT2D eigenvalue weighted by Gasteiger charge is -2.26. The minimum atomic E-state index is -1.30. The van der Waals surface area contributed by atoms with Gasteiger partial charge in [-0.3, -0.25) is 4.79 Å². The average Bonchev–Trinajstić information content (AvgIpc) is 2.49. The fraction of sp³-hybridized carbons (Fsp3) is 0.471. The number of aliphatic carboxylic acids is 2. The van der Waals surface area contributed by atoms with Crippen LogP contribution in [0.2, 0.25) is 0 Å². The Morgan fingerprint density at radius 1 is 1.17 bits per heavy atom. The van der Waals surface area contributed by atoms with Crippen molar-refractivity contribution in [2.45, 2.75) is 51.2 Å². The smallest absolute Gasteiger partial charge is 0.408 e.